The molecular weight excluding hydrogens is 375 g/mol. The quantitative estimate of drug-likeness (QED) is 0.481. The van der Waals surface area contributed by atoms with Gasteiger partial charge in [-0.15, -0.1) is 0 Å². The van der Waals surface area contributed by atoms with E-state index in [0.29, 0.717) is 24.2 Å². The smallest absolute Gasteiger partial charge is 0.338 e. The lowest BCUT2D eigenvalue weighted by molar-refractivity contribution is 0.0473. The number of hydrogen-bond acceptors (Lipinski definition) is 5. The van der Waals surface area contributed by atoms with Crippen LogP contribution in [-0.4, -0.2) is 46.0 Å². The van der Waals surface area contributed by atoms with Crippen molar-refractivity contribution < 1.29 is 24.1 Å². The molecule has 3 rings (SSSR count). The van der Waals surface area contributed by atoms with Crippen LogP contribution >= 0.6 is 0 Å². The molecule has 0 bridgehead atoms. The molecule has 6 nitrogen and oxygen atoms in total. The zero-order valence-corrected chi connectivity index (χ0v) is 16.3. The molecule has 0 saturated carbocycles. The van der Waals surface area contributed by atoms with Crippen molar-refractivity contribution in [3.8, 4) is 0 Å². The fraction of sp³-hybridized carbons (Fsp3) is 0.318. The molecular formula is C22H25FN2O4. The highest BCUT2D eigenvalue weighted by molar-refractivity contribution is 5.94. The fourth-order valence-electron chi connectivity index (χ4n) is 2.96. The molecule has 0 spiro atoms. The lowest BCUT2D eigenvalue weighted by Crippen LogP contribution is -2.49. The Balaban J connectivity index is 1.66. The third-order valence-electron chi connectivity index (χ3n) is 4.90. The van der Waals surface area contributed by atoms with Gasteiger partial charge < -0.3 is 24.8 Å². The third-order valence-corrected chi connectivity index (χ3v) is 4.90. The number of fused-ring (bicyclic) bond motifs is 1. The Morgan fingerprint density at radius 3 is 2.55 bits per heavy atom. The SMILES string of the molecule is CC(CO)(CO)NCCn1ccc2ccc(C(=O)OCc3ccc(F)cc3)cc21. The van der Waals surface area contributed by atoms with Crippen molar-refractivity contribution in [2.24, 2.45) is 0 Å². The van der Waals surface area contributed by atoms with Crippen LogP contribution in [0.3, 0.4) is 0 Å². The first-order valence-electron chi connectivity index (χ1n) is 9.41. The molecule has 1 aromatic heterocycles. The third kappa shape index (κ3) is 5.20. The second-order valence-corrected chi connectivity index (χ2v) is 7.29. The summed E-state index contributed by atoms with van der Waals surface area (Å²) in [6, 6.07) is 13.1. The minimum Gasteiger partial charge on any atom is -0.457 e. The number of ether oxygens (including phenoxy) is 1. The molecule has 29 heavy (non-hydrogen) atoms. The highest BCUT2D eigenvalue weighted by Crippen LogP contribution is 2.19. The van der Waals surface area contributed by atoms with Gasteiger partial charge in [-0.1, -0.05) is 18.2 Å². The van der Waals surface area contributed by atoms with E-state index in [2.05, 4.69) is 5.32 Å². The minimum absolute atomic E-state index is 0.0724. The van der Waals surface area contributed by atoms with E-state index in [1.807, 2.05) is 22.9 Å². The maximum atomic E-state index is 13.0. The zero-order chi connectivity index (χ0) is 20.9. The van der Waals surface area contributed by atoms with E-state index in [-0.39, 0.29) is 25.6 Å². The summed E-state index contributed by atoms with van der Waals surface area (Å²) in [5.74, 6) is -0.783. The van der Waals surface area contributed by atoms with E-state index in [1.165, 1.54) is 12.1 Å². The largest absolute Gasteiger partial charge is 0.457 e. The molecule has 0 amide bonds. The van der Waals surface area contributed by atoms with Crippen molar-refractivity contribution in [2.75, 3.05) is 19.8 Å². The Labute approximate surface area is 168 Å². The molecule has 0 radical (unpaired) electrons. The van der Waals surface area contributed by atoms with Crippen molar-refractivity contribution in [3.05, 3.63) is 71.7 Å². The summed E-state index contributed by atoms with van der Waals surface area (Å²) in [4.78, 5) is 12.4. The lowest BCUT2D eigenvalue weighted by atomic mass is 10.1. The van der Waals surface area contributed by atoms with Crippen LogP contribution in [0.15, 0.2) is 54.7 Å². The molecule has 2 aromatic carbocycles. The number of halogens is 1. The van der Waals surface area contributed by atoms with Crippen LogP contribution < -0.4 is 5.32 Å². The van der Waals surface area contributed by atoms with E-state index in [1.54, 1.807) is 31.2 Å². The van der Waals surface area contributed by atoms with Crippen LogP contribution in [0.4, 0.5) is 4.39 Å². The first kappa shape index (κ1) is 21.0. The standard InChI is InChI=1S/C22H25FN2O4/c1-22(14-26,15-27)24-9-11-25-10-8-17-4-5-18(12-20(17)25)21(28)29-13-16-2-6-19(23)7-3-16/h2-8,10,12,24,26-27H,9,11,13-15H2,1H3. The zero-order valence-electron chi connectivity index (χ0n) is 16.3. The van der Waals surface area contributed by atoms with Gasteiger partial charge in [0.25, 0.3) is 0 Å². The monoisotopic (exact) mass is 400 g/mol. The molecule has 154 valence electrons. The van der Waals surface area contributed by atoms with E-state index in [4.69, 9.17) is 4.74 Å². The van der Waals surface area contributed by atoms with Gasteiger partial charge in [0.2, 0.25) is 0 Å². The molecule has 0 aliphatic carbocycles. The molecule has 1 heterocycles. The molecule has 0 aliphatic rings. The van der Waals surface area contributed by atoms with Gasteiger partial charge in [0.05, 0.1) is 24.3 Å². The van der Waals surface area contributed by atoms with Crippen LogP contribution in [0.1, 0.15) is 22.8 Å². The molecule has 7 heteroatoms. The van der Waals surface area contributed by atoms with E-state index in [9.17, 15) is 19.4 Å². The van der Waals surface area contributed by atoms with Gasteiger partial charge in [-0.25, -0.2) is 9.18 Å². The summed E-state index contributed by atoms with van der Waals surface area (Å²) < 4.78 is 20.3. The van der Waals surface area contributed by atoms with Crippen molar-refractivity contribution in [3.63, 3.8) is 0 Å². The summed E-state index contributed by atoms with van der Waals surface area (Å²) in [6.07, 6.45) is 1.93. The topological polar surface area (TPSA) is 83.7 Å². The number of aliphatic hydroxyl groups is 2. The Morgan fingerprint density at radius 2 is 1.86 bits per heavy atom. The van der Waals surface area contributed by atoms with Gasteiger partial charge in [0.1, 0.15) is 12.4 Å². The van der Waals surface area contributed by atoms with Crippen LogP contribution in [0.25, 0.3) is 10.9 Å². The predicted molar refractivity (Wildman–Crippen MR) is 108 cm³/mol. The molecule has 0 saturated heterocycles. The fourth-order valence-corrected chi connectivity index (χ4v) is 2.96. The van der Waals surface area contributed by atoms with Crippen LogP contribution in [0.5, 0.6) is 0 Å². The second kappa shape index (κ2) is 9.17. The number of esters is 1. The molecule has 0 fully saturated rings. The van der Waals surface area contributed by atoms with E-state index >= 15 is 0 Å². The van der Waals surface area contributed by atoms with E-state index < -0.39 is 11.5 Å². The van der Waals surface area contributed by atoms with E-state index in [0.717, 1.165) is 10.9 Å². The summed E-state index contributed by atoms with van der Waals surface area (Å²) >= 11 is 0. The predicted octanol–water partition coefficient (Wildman–Crippen LogP) is 2.47. The number of rotatable bonds is 9. The Hall–Kier alpha value is -2.74. The van der Waals surface area contributed by atoms with Gasteiger partial charge in [-0.3, -0.25) is 0 Å². The normalized spacial score (nSPS) is 11.7. The van der Waals surface area contributed by atoms with Crippen molar-refractivity contribution in [1.29, 1.82) is 0 Å². The molecule has 3 aromatic rings. The maximum Gasteiger partial charge on any atom is 0.338 e. The van der Waals surface area contributed by atoms with Gasteiger partial charge in [-0.05, 0) is 48.2 Å². The van der Waals surface area contributed by atoms with Crippen molar-refractivity contribution in [1.82, 2.24) is 9.88 Å². The van der Waals surface area contributed by atoms with Crippen molar-refractivity contribution >= 4 is 16.9 Å². The average Bonchev–Trinajstić information content (AvgIpc) is 3.15. The summed E-state index contributed by atoms with van der Waals surface area (Å²) in [5, 5.41) is 22.8. The van der Waals surface area contributed by atoms with Gasteiger partial charge in [-0.2, -0.15) is 0 Å². The number of hydrogen-bond donors (Lipinski definition) is 3. The number of nitrogens with one attached hydrogen (secondary N) is 1. The number of benzene rings is 2. The maximum absolute atomic E-state index is 13.0. The molecule has 0 atom stereocenters. The molecule has 0 unspecified atom stereocenters. The van der Waals surface area contributed by atoms with Crippen LogP contribution in [-0.2, 0) is 17.9 Å². The number of aliphatic hydroxyl groups excluding tert-OH is 2. The van der Waals surface area contributed by atoms with Gasteiger partial charge >= 0.3 is 5.97 Å². The van der Waals surface area contributed by atoms with Gasteiger partial charge in [0, 0.05) is 24.8 Å². The molecule has 3 N–H and O–H groups in total. The van der Waals surface area contributed by atoms with Gasteiger partial charge in [0.15, 0.2) is 0 Å². The summed E-state index contributed by atoms with van der Waals surface area (Å²) in [7, 11) is 0. The Bertz CT molecular complexity index is 965. The first-order chi connectivity index (χ1) is 13.9. The Kier molecular flexibility index (Phi) is 6.64. The lowest BCUT2D eigenvalue weighted by Gasteiger charge is -2.26. The average molecular weight is 400 g/mol. The summed E-state index contributed by atoms with van der Waals surface area (Å²) in [6.45, 7) is 2.63. The Morgan fingerprint density at radius 1 is 1.14 bits per heavy atom. The number of carbonyl (C=O) groups excluding carboxylic acids is 1. The second-order valence-electron chi connectivity index (χ2n) is 7.29. The highest BCUT2D eigenvalue weighted by Gasteiger charge is 2.20. The number of carbonyl (C=O) groups is 1. The van der Waals surface area contributed by atoms with Crippen molar-refractivity contribution in [2.45, 2.75) is 25.6 Å². The minimum atomic E-state index is -0.738. The van der Waals surface area contributed by atoms with Crippen LogP contribution in [0, 0.1) is 5.82 Å². The number of nitrogens with zero attached hydrogens (tertiary/aromatic N) is 1. The first-order valence-corrected chi connectivity index (χ1v) is 9.41. The number of aromatic nitrogens is 1. The molecule has 0 aliphatic heterocycles. The summed E-state index contributed by atoms with van der Waals surface area (Å²) in [5.41, 5.74) is 1.30. The van der Waals surface area contributed by atoms with Crippen LogP contribution in [0.2, 0.25) is 0 Å². The highest BCUT2D eigenvalue weighted by atomic mass is 19.1.